The van der Waals surface area contributed by atoms with Gasteiger partial charge in [0.05, 0.1) is 18.7 Å². The zero-order valence-corrected chi connectivity index (χ0v) is 23.7. The molecule has 1 aromatic carbocycles. The van der Waals surface area contributed by atoms with Crippen LogP contribution in [0.1, 0.15) is 80.3 Å². The molecule has 208 valence electrons. The molecule has 0 bridgehead atoms. The van der Waals surface area contributed by atoms with Crippen LogP contribution in [-0.4, -0.2) is 62.7 Å². The minimum Gasteiger partial charge on any atom is -0.444 e. The molecule has 0 saturated carbocycles. The number of ether oxygens (including phenoxy) is 3. The number of β-amino-alcohol motifs (C(OH)–C–C–N with tert-alkyl or cyclic N) is 1. The SMILES string of the molecule is CC(C)(C)OC(=O)N(C(=O)OC(C)(C)C)c1nccc2cc([C@@H]3C[C@@H](O)CN3C(=O)OC(C)(C)C)ccc12. The van der Waals surface area contributed by atoms with Gasteiger partial charge in [-0.15, -0.1) is 0 Å². The molecule has 0 unspecified atom stereocenters. The summed E-state index contributed by atoms with van der Waals surface area (Å²) in [5.74, 6) is 0.0630. The maximum absolute atomic E-state index is 13.2. The zero-order valence-electron chi connectivity index (χ0n) is 23.7. The first-order chi connectivity index (χ1) is 17.3. The molecule has 2 atom stereocenters. The Balaban J connectivity index is 2.04. The van der Waals surface area contributed by atoms with Crippen LogP contribution in [0.25, 0.3) is 10.8 Å². The van der Waals surface area contributed by atoms with Gasteiger partial charge in [-0.1, -0.05) is 12.1 Å². The molecule has 1 saturated heterocycles. The number of fused-ring (bicyclic) bond motifs is 1. The monoisotopic (exact) mass is 529 g/mol. The second kappa shape index (κ2) is 10.4. The van der Waals surface area contributed by atoms with Crippen molar-refractivity contribution >= 4 is 34.9 Å². The predicted octanol–water partition coefficient (Wildman–Crippen LogP) is 5.95. The van der Waals surface area contributed by atoms with Crippen molar-refractivity contribution < 1.29 is 33.7 Å². The molecule has 1 aliphatic rings. The number of hydrogen-bond acceptors (Lipinski definition) is 8. The third-order valence-electron chi connectivity index (χ3n) is 5.42. The van der Waals surface area contributed by atoms with Gasteiger partial charge in [-0.3, -0.25) is 4.90 Å². The Morgan fingerprint density at radius 3 is 1.97 bits per heavy atom. The number of hydrogen-bond donors (Lipinski definition) is 1. The summed E-state index contributed by atoms with van der Waals surface area (Å²) in [6, 6.07) is 6.70. The first-order valence-corrected chi connectivity index (χ1v) is 12.7. The normalized spacial score (nSPS) is 18.3. The summed E-state index contributed by atoms with van der Waals surface area (Å²) in [5.41, 5.74) is -1.61. The predicted molar refractivity (Wildman–Crippen MR) is 143 cm³/mol. The average Bonchev–Trinajstić information content (AvgIpc) is 3.12. The molecular weight excluding hydrogens is 490 g/mol. The smallest absolute Gasteiger partial charge is 0.425 e. The van der Waals surface area contributed by atoms with Gasteiger partial charge < -0.3 is 19.3 Å². The number of likely N-dealkylation sites (tertiary alicyclic amines) is 1. The quantitative estimate of drug-likeness (QED) is 0.474. The van der Waals surface area contributed by atoms with Crippen LogP contribution < -0.4 is 4.90 Å². The molecular formula is C28H39N3O7. The number of rotatable bonds is 2. The number of amides is 3. The van der Waals surface area contributed by atoms with E-state index in [4.69, 9.17) is 14.2 Å². The molecule has 38 heavy (non-hydrogen) atoms. The maximum atomic E-state index is 13.2. The summed E-state index contributed by atoms with van der Waals surface area (Å²) in [5, 5.41) is 11.5. The highest BCUT2D eigenvalue weighted by Gasteiger charge is 2.38. The number of aliphatic hydroxyl groups excluding tert-OH is 1. The lowest BCUT2D eigenvalue weighted by Crippen LogP contribution is -2.44. The van der Waals surface area contributed by atoms with Crippen molar-refractivity contribution in [1.29, 1.82) is 0 Å². The largest absolute Gasteiger partial charge is 0.444 e. The van der Waals surface area contributed by atoms with Gasteiger partial charge in [-0.05, 0) is 91.8 Å². The highest BCUT2D eigenvalue weighted by molar-refractivity contribution is 6.13. The minimum absolute atomic E-state index is 0.0630. The number of aromatic nitrogens is 1. The molecule has 10 heteroatoms. The third-order valence-corrected chi connectivity index (χ3v) is 5.42. The summed E-state index contributed by atoms with van der Waals surface area (Å²) >= 11 is 0. The molecule has 2 heterocycles. The van der Waals surface area contributed by atoms with Crippen LogP contribution in [-0.2, 0) is 14.2 Å². The third kappa shape index (κ3) is 7.34. The summed E-state index contributed by atoms with van der Waals surface area (Å²) in [6.07, 6.45) is -1.18. The van der Waals surface area contributed by atoms with Crippen molar-refractivity contribution in [2.75, 3.05) is 11.4 Å². The van der Waals surface area contributed by atoms with Gasteiger partial charge in [0.15, 0.2) is 5.82 Å². The number of aliphatic hydroxyl groups is 1. The van der Waals surface area contributed by atoms with E-state index in [1.165, 1.54) is 11.1 Å². The van der Waals surface area contributed by atoms with Gasteiger partial charge in [-0.2, -0.15) is 4.90 Å². The fraction of sp³-hybridized carbons (Fsp3) is 0.571. The maximum Gasteiger partial charge on any atom is 0.425 e. The van der Waals surface area contributed by atoms with Crippen molar-refractivity contribution in [1.82, 2.24) is 9.88 Å². The molecule has 1 N–H and O–H groups in total. The second-order valence-corrected chi connectivity index (χ2v) is 12.4. The molecule has 1 aliphatic heterocycles. The van der Waals surface area contributed by atoms with E-state index in [0.717, 1.165) is 10.5 Å². The van der Waals surface area contributed by atoms with Gasteiger partial charge in [0.2, 0.25) is 0 Å². The lowest BCUT2D eigenvalue weighted by atomic mass is 10.00. The highest BCUT2D eigenvalue weighted by atomic mass is 16.6. The van der Waals surface area contributed by atoms with Crippen LogP contribution in [0.3, 0.4) is 0 Å². The molecule has 3 amide bonds. The van der Waals surface area contributed by atoms with E-state index in [1.807, 2.05) is 6.07 Å². The lowest BCUT2D eigenvalue weighted by molar-refractivity contribution is 0.0205. The van der Waals surface area contributed by atoms with Crippen molar-refractivity contribution in [3.8, 4) is 0 Å². The van der Waals surface area contributed by atoms with E-state index in [1.54, 1.807) is 80.5 Å². The van der Waals surface area contributed by atoms with Crippen LogP contribution in [0.15, 0.2) is 30.5 Å². The fourth-order valence-electron chi connectivity index (χ4n) is 4.08. The fourth-order valence-corrected chi connectivity index (χ4v) is 4.08. The van der Waals surface area contributed by atoms with E-state index in [2.05, 4.69) is 4.98 Å². The first kappa shape index (κ1) is 29.2. The number of carbonyl (C=O) groups excluding carboxylic acids is 3. The second-order valence-electron chi connectivity index (χ2n) is 12.4. The van der Waals surface area contributed by atoms with E-state index >= 15 is 0 Å². The molecule has 0 aliphatic carbocycles. The number of benzene rings is 1. The summed E-state index contributed by atoms with van der Waals surface area (Å²) in [6.45, 7) is 15.7. The Labute approximate surface area is 223 Å². The van der Waals surface area contributed by atoms with Crippen LogP contribution in [0.4, 0.5) is 20.2 Å². The van der Waals surface area contributed by atoms with E-state index in [-0.39, 0.29) is 12.4 Å². The number of pyridine rings is 1. The Morgan fingerprint density at radius 1 is 0.895 bits per heavy atom. The topological polar surface area (TPSA) is 119 Å². The molecule has 0 radical (unpaired) electrons. The number of anilines is 1. The van der Waals surface area contributed by atoms with Gasteiger partial charge in [-0.25, -0.2) is 19.4 Å². The molecule has 10 nitrogen and oxygen atoms in total. The number of nitrogens with zero attached hydrogens (tertiary/aromatic N) is 3. The number of imide groups is 1. The highest BCUT2D eigenvalue weighted by Crippen LogP contribution is 2.36. The van der Waals surface area contributed by atoms with Crippen molar-refractivity contribution in [3.63, 3.8) is 0 Å². The molecule has 3 rings (SSSR count). The van der Waals surface area contributed by atoms with Crippen LogP contribution in [0, 0.1) is 0 Å². The summed E-state index contributed by atoms with van der Waals surface area (Å²) in [7, 11) is 0. The molecule has 1 fully saturated rings. The Bertz CT molecular complexity index is 1180. The first-order valence-electron chi connectivity index (χ1n) is 12.7. The summed E-state index contributed by atoms with van der Waals surface area (Å²) < 4.78 is 16.5. The van der Waals surface area contributed by atoms with Gasteiger partial charge >= 0.3 is 18.3 Å². The molecule has 0 spiro atoms. The van der Waals surface area contributed by atoms with Crippen LogP contribution in [0.5, 0.6) is 0 Å². The lowest BCUT2D eigenvalue weighted by Gasteiger charge is -2.29. The molecule has 1 aromatic heterocycles. The van der Waals surface area contributed by atoms with Crippen molar-refractivity contribution in [2.45, 2.75) is 97.7 Å². The zero-order chi connectivity index (χ0) is 28.6. The standard InChI is InChI=1S/C28H39N3O7/c1-26(2,3)36-23(33)30-16-19(32)15-21(30)18-10-11-20-17(14-18)12-13-29-22(20)31(24(34)37-27(4,5)6)25(35)38-28(7,8)9/h10-14,19,21,32H,15-16H2,1-9H3/t19-,21+/m1/s1. The van der Waals surface area contributed by atoms with E-state index in [0.29, 0.717) is 17.2 Å². The van der Waals surface area contributed by atoms with Crippen LogP contribution in [0.2, 0.25) is 0 Å². The van der Waals surface area contributed by atoms with Gasteiger partial charge in [0.1, 0.15) is 16.8 Å². The molecule has 2 aromatic rings. The van der Waals surface area contributed by atoms with E-state index in [9.17, 15) is 19.5 Å². The summed E-state index contributed by atoms with van der Waals surface area (Å²) in [4.78, 5) is 45.8. The van der Waals surface area contributed by atoms with Crippen molar-refractivity contribution in [2.24, 2.45) is 0 Å². The van der Waals surface area contributed by atoms with Gasteiger partial charge in [0.25, 0.3) is 0 Å². The Morgan fingerprint density at radius 2 is 1.45 bits per heavy atom. The minimum atomic E-state index is -0.911. The van der Waals surface area contributed by atoms with Crippen molar-refractivity contribution in [3.05, 3.63) is 36.0 Å². The van der Waals surface area contributed by atoms with Crippen LogP contribution >= 0.6 is 0 Å². The average molecular weight is 530 g/mol. The Hall–Kier alpha value is -3.40. The van der Waals surface area contributed by atoms with Gasteiger partial charge in [0, 0.05) is 11.6 Å². The van der Waals surface area contributed by atoms with E-state index < -0.39 is 47.2 Å². The number of carbonyl (C=O) groups is 3. The Kier molecular flexibility index (Phi) is 7.98.